The van der Waals surface area contributed by atoms with E-state index in [0.717, 1.165) is 5.56 Å². The van der Waals surface area contributed by atoms with E-state index in [0.29, 0.717) is 16.6 Å². The van der Waals surface area contributed by atoms with Crippen LogP contribution in [0.3, 0.4) is 0 Å². The van der Waals surface area contributed by atoms with Crippen molar-refractivity contribution >= 4 is 16.7 Å². The molecule has 0 amide bonds. The van der Waals surface area contributed by atoms with Crippen LogP contribution in [0.25, 0.3) is 22.2 Å². The van der Waals surface area contributed by atoms with Gasteiger partial charge in [-0.25, -0.2) is 0 Å². The molecule has 0 radical (unpaired) electrons. The molecule has 0 aliphatic carbocycles. The molecule has 0 aliphatic rings. The maximum absolute atomic E-state index is 10.9. The Morgan fingerprint density at radius 1 is 1.11 bits per heavy atom. The number of aromatic nitrogens is 3. The van der Waals surface area contributed by atoms with E-state index in [2.05, 4.69) is 15.4 Å². The summed E-state index contributed by atoms with van der Waals surface area (Å²) in [7, 11) is 0. The number of benzene rings is 2. The topological polar surface area (TPSA) is 84.7 Å². The van der Waals surface area contributed by atoms with Crippen LogP contribution < -0.4 is 0 Å². The van der Waals surface area contributed by atoms with Gasteiger partial charge < -0.3 is 0 Å². The maximum atomic E-state index is 10.9. The van der Waals surface area contributed by atoms with Crippen LogP contribution in [0.5, 0.6) is 0 Å². The first-order chi connectivity index (χ1) is 8.75. The van der Waals surface area contributed by atoms with Crippen molar-refractivity contribution < 1.29 is 4.92 Å². The van der Waals surface area contributed by atoms with Gasteiger partial charge in [0.2, 0.25) is 0 Å². The predicted molar refractivity (Wildman–Crippen MR) is 66.0 cm³/mol. The van der Waals surface area contributed by atoms with Gasteiger partial charge in [0.25, 0.3) is 5.69 Å². The Bertz CT molecular complexity index is 721. The van der Waals surface area contributed by atoms with E-state index in [4.69, 9.17) is 0 Å². The minimum atomic E-state index is -0.430. The molecular formula is C12H8N4O2. The summed E-state index contributed by atoms with van der Waals surface area (Å²) in [6.07, 6.45) is 0. The summed E-state index contributed by atoms with van der Waals surface area (Å²) >= 11 is 0. The third-order valence-corrected chi connectivity index (χ3v) is 2.70. The van der Waals surface area contributed by atoms with Gasteiger partial charge in [0, 0.05) is 17.7 Å². The lowest BCUT2D eigenvalue weighted by Crippen LogP contribution is -1.90. The molecule has 18 heavy (non-hydrogen) atoms. The summed E-state index contributed by atoms with van der Waals surface area (Å²) in [6.45, 7) is 0. The molecule has 0 bridgehead atoms. The summed E-state index contributed by atoms with van der Waals surface area (Å²) in [5, 5.41) is 21.3. The molecule has 1 heterocycles. The minimum Gasteiger partial charge on any atom is -0.258 e. The van der Waals surface area contributed by atoms with Crippen LogP contribution in [-0.4, -0.2) is 20.3 Å². The number of H-pyrrole nitrogens is 1. The number of nitro groups is 1. The quantitative estimate of drug-likeness (QED) is 0.551. The zero-order valence-electron chi connectivity index (χ0n) is 9.20. The molecule has 6 nitrogen and oxygen atoms in total. The summed E-state index contributed by atoms with van der Waals surface area (Å²) in [4.78, 5) is 10.5. The molecule has 0 saturated heterocycles. The lowest BCUT2D eigenvalue weighted by molar-refractivity contribution is -0.384. The summed E-state index contributed by atoms with van der Waals surface area (Å²) in [6, 6.07) is 12.3. The second kappa shape index (κ2) is 3.92. The second-order valence-electron chi connectivity index (χ2n) is 3.81. The third-order valence-electron chi connectivity index (χ3n) is 2.70. The van der Waals surface area contributed by atoms with E-state index in [9.17, 15) is 10.1 Å². The van der Waals surface area contributed by atoms with Crippen LogP contribution in [0.2, 0.25) is 0 Å². The molecule has 1 N–H and O–H groups in total. The van der Waals surface area contributed by atoms with Crippen molar-refractivity contribution in [1.29, 1.82) is 0 Å². The van der Waals surface area contributed by atoms with Gasteiger partial charge in [-0.2, -0.15) is 15.4 Å². The van der Waals surface area contributed by atoms with Crippen LogP contribution in [0.15, 0.2) is 42.5 Å². The van der Waals surface area contributed by atoms with Gasteiger partial charge in [-0.05, 0) is 5.56 Å². The fourth-order valence-corrected chi connectivity index (χ4v) is 1.88. The highest BCUT2D eigenvalue weighted by Crippen LogP contribution is 2.30. The highest BCUT2D eigenvalue weighted by atomic mass is 16.6. The number of nitrogens with zero attached hydrogens (tertiary/aromatic N) is 3. The number of hydrogen-bond acceptors (Lipinski definition) is 4. The highest BCUT2D eigenvalue weighted by molar-refractivity contribution is 5.93. The van der Waals surface area contributed by atoms with Crippen molar-refractivity contribution in [1.82, 2.24) is 15.4 Å². The van der Waals surface area contributed by atoms with E-state index in [1.54, 1.807) is 0 Å². The SMILES string of the molecule is O=[N+]([O-])c1cc(-c2ccccc2)c2n[nH]nc2c1. The Morgan fingerprint density at radius 3 is 2.61 bits per heavy atom. The Morgan fingerprint density at radius 2 is 1.89 bits per heavy atom. The van der Waals surface area contributed by atoms with Crippen LogP contribution in [-0.2, 0) is 0 Å². The smallest absolute Gasteiger partial charge is 0.258 e. The highest BCUT2D eigenvalue weighted by Gasteiger charge is 2.15. The van der Waals surface area contributed by atoms with Gasteiger partial charge in [0.1, 0.15) is 11.0 Å². The molecule has 3 aromatic rings. The molecule has 0 aliphatic heterocycles. The van der Waals surface area contributed by atoms with Gasteiger partial charge in [-0.15, -0.1) is 0 Å². The van der Waals surface area contributed by atoms with Crippen LogP contribution in [0.1, 0.15) is 0 Å². The van der Waals surface area contributed by atoms with Gasteiger partial charge in [-0.1, -0.05) is 30.3 Å². The Labute approximate surface area is 101 Å². The standard InChI is InChI=1S/C12H8N4O2/c17-16(18)9-6-10(8-4-2-1-3-5-8)12-11(7-9)13-15-14-12/h1-7H,(H,13,14,15). The predicted octanol–water partition coefficient (Wildman–Crippen LogP) is 2.53. The number of non-ortho nitro benzene ring substituents is 1. The lowest BCUT2D eigenvalue weighted by atomic mass is 10.0. The Hall–Kier alpha value is -2.76. The average Bonchev–Trinajstić information content (AvgIpc) is 2.86. The van der Waals surface area contributed by atoms with E-state index in [1.165, 1.54) is 12.1 Å². The van der Waals surface area contributed by atoms with Gasteiger partial charge in [0.05, 0.1) is 4.92 Å². The van der Waals surface area contributed by atoms with Crippen LogP contribution in [0, 0.1) is 10.1 Å². The molecule has 0 atom stereocenters. The summed E-state index contributed by atoms with van der Waals surface area (Å²) in [5.74, 6) is 0. The third kappa shape index (κ3) is 1.60. The molecule has 2 aromatic carbocycles. The van der Waals surface area contributed by atoms with Crippen molar-refractivity contribution in [2.75, 3.05) is 0 Å². The van der Waals surface area contributed by atoms with Crippen molar-refractivity contribution in [3.8, 4) is 11.1 Å². The summed E-state index contributed by atoms with van der Waals surface area (Å²) < 4.78 is 0. The van der Waals surface area contributed by atoms with E-state index in [1.807, 2.05) is 30.3 Å². The Kier molecular flexibility index (Phi) is 2.26. The fraction of sp³-hybridized carbons (Fsp3) is 0. The Balaban J connectivity index is 2.33. The van der Waals surface area contributed by atoms with Gasteiger partial charge in [-0.3, -0.25) is 10.1 Å². The number of fused-ring (bicyclic) bond motifs is 1. The molecule has 1 aromatic heterocycles. The van der Waals surface area contributed by atoms with Crippen molar-refractivity contribution in [3.63, 3.8) is 0 Å². The zero-order chi connectivity index (χ0) is 12.5. The minimum absolute atomic E-state index is 0.00949. The maximum Gasteiger partial charge on any atom is 0.272 e. The van der Waals surface area contributed by atoms with Crippen LogP contribution >= 0.6 is 0 Å². The van der Waals surface area contributed by atoms with E-state index in [-0.39, 0.29) is 5.69 Å². The number of nitrogens with one attached hydrogen (secondary N) is 1. The number of nitro benzene ring substituents is 1. The number of aromatic amines is 1. The zero-order valence-corrected chi connectivity index (χ0v) is 9.20. The van der Waals surface area contributed by atoms with Gasteiger partial charge >= 0.3 is 0 Å². The number of rotatable bonds is 2. The van der Waals surface area contributed by atoms with Crippen molar-refractivity contribution in [2.24, 2.45) is 0 Å². The van der Waals surface area contributed by atoms with E-state index < -0.39 is 4.92 Å². The van der Waals surface area contributed by atoms with Gasteiger partial charge in [0.15, 0.2) is 0 Å². The first-order valence-electron chi connectivity index (χ1n) is 5.30. The first-order valence-corrected chi connectivity index (χ1v) is 5.30. The molecule has 0 saturated carbocycles. The van der Waals surface area contributed by atoms with Crippen molar-refractivity contribution in [3.05, 3.63) is 52.6 Å². The molecule has 88 valence electrons. The van der Waals surface area contributed by atoms with E-state index >= 15 is 0 Å². The normalized spacial score (nSPS) is 10.7. The fourth-order valence-electron chi connectivity index (χ4n) is 1.88. The van der Waals surface area contributed by atoms with Crippen molar-refractivity contribution in [2.45, 2.75) is 0 Å². The first kappa shape index (κ1) is 10.4. The largest absolute Gasteiger partial charge is 0.272 e. The lowest BCUT2D eigenvalue weighted by Gasteiger charge is -2.01. The number of hydrogen-bond donors (Lipinski definition) is 1. The second-order valence-corrected chi connectivity index (χ2v) is 3.81. The molecule has 3 rings (SSSR count). The monoisotopic (exact) mass is 240 g/mol. The summed E-state index contributed by atoms with van der Waals surface area (Å²) in [5.41, 5.74) is 2.71. The molecule has 0 unspecified atom stereocenters. The molecule has 0 fully saturated rings. The molecule has 6 heteroatoms. The van der Waals surface area contributed by atoms with Crippen LogP contribution in [0.4, 0.5) is 5.69 Å². The average molecular weight is 240 g/mol. The molecule has 0 spiro atoms. The molecular weight excluding hydrogens is 232 g/mol.